The van der Waals surface area contributed by atoms with E-state index >= 15 is 0 Å². The molecule has 0 bridgehead atoms. The highest BCUT2D eigenvalue weighted by Crippen LogP contribution is 2.28. The van der Waals surface area contributed by atoms with Crippen molar-refractivity contribution in [2.24, 2.45) is 0 Å². The molecular formula is C16H17ClFN. The van der Waals surface area contributed by atoms with Gasteiger partial charge in [0, 0.05) is 11.6 Å². The summed E-state index contributed by atoms with van der Waals surface area (Å²) in [5.41, 5.74) is 3.13. The minimum absolute atomic E-state index is 0.312. The molecule has 0 radical (unpaired) electrons. The van der Waals surface area contributed by atoms with Gasteiger partial charge >= 0.3 is 0 Å². The van der Waals surface area contributed by atoms with Crippen molar-refractivity contribution >= 4 is 11.6 Å². The topological polar surface area (TPSA) is 12.0 Å². The lowest BCUT2D eigenvalue weighted by atomic mass is 10.0. The van der Waals surface area contributed by atoms with E-state index < -0.39 is 0 Å². The van der Waals surface area contributed by atoms with Crippen molar-refractivity contribution in [3.8, 4) is 11.1 Å². The second kappa shape index (κ2) is 6.18. The average Bonchev–Trinajstić information content (AvgIpc) is 2.40. The summed E-state index contributed by atoms with van der Waals surface area (Å²) in [5, 5.41) is 3.65. The van der Waals surface area contributed by atoms with Gasteiger partial charge in [-0.2, -0.15) is 0 Å². The second-order valence-corrected chi connectivity index (χ2v) is 5.12. The molecular weight excluding hydrogens is 261 g/mol. The van der Waals surface area contributed by atoms with Crippen molar-refractivity contribution in [2.75, 3.05) is 7.05 Å². The van der Waals surface area contributed by atoms with E-state index in [1.54, 1.807) is 6.07 Å². The molecule has 2 aromatic carbocycles. The first-order chi connectivity index (χ1) is 9.10. The molecule has 1 unspecified atom stereocenters. The molecule has 0 saturated heterocycles. The van der Waals surface area contributed by atoms with Crippen molar-refractivity contribution in [1.82, 2.24) is 5.32 Å². The van der Waals surface area contributed by atoms with Gasteiger partial charge in [-0.3, -0.25) is 0 Å². The van der Waals surface area contributed by atoms with Crippen LogP contribution in [0, 0.1) is 5.82 Å². The quantitative estimate of drug-likeness (QED) is 0.879. The van der Waals surface area contributed by atoms with Crippen molar-refractivity contribution in [1.29, 1.82) is 0 Å². The Morgan fingerprint density at radius 2 is 1.84 bits per heavy atom. The highest BCUT2D eigenvalue weighted by molar-refractivity contribution is 6.33. The maximum absolute atomic E-state index is 13.0. The van der Waals surface area contributed by atoms with Gasteiger partial charge in [0.1, 0.15) is 5.82 Å². The molecule has 0 aliphatic rings. The summed E-state index contributed by atoms with van der Waals surface area (Å²) in [7, 11) is 1.96. The zero-order valence-electron chi connectivity index (χ0n) is 11.1. The Hall–Kier alpha value is -1.38. The first-order valence-electron chi connectivity index (χ1n) is 6.32. The summed E-state index contributed by atoms with van der Waals surface area (Å²) in [6.07, 6.45) is 0.980. The smallest absolute Gasteiger partial charge is 0.124 e. The highest BCUT2D eigenvalue weighted by Gasteiger charge is 2.06. The fraction of sp³-hybridized carbons (Fsp3) is 0.250. The van der Waals surface area contributed by atoms with E-state index in [0.29, 0.717) is 11.1 Å². The van der Waals surface area contributed by atoms with Gasteiger partial charge in [-0.25, -0.2) is 4.39 Å². The third-order valence-electron chi connectivity index (χ3n) is 3.23. The molecule has 2 rings (SSSR count). The van der Waals surface area contributed by atoms with Gasteiger partial charge in [-0.15, -0.1) is 0 Å². The SMILES string of the molecule is CNC(C)Cc1ccc(-c2ccc(F)cc2Cl)cc1. The molecule has 0 saturated carbocycles. The molecule has 0 aliphatic heterocycles. The summed E-state index contributed by atoms with van der Waals surface area (Å²) in [4.78, 5) is 0. The minimum atomic E-state index is -0.312. The monoisotopic (exact) mass is 277 g/mol. The fourth-order valence-corrected chi connectivity index (χ4v) is 2.28. The predicted octanol–water partition coefficient (Wildman–Crippen LogP) is 4.30. The molecule has 0 amide bonds. The van der Waals surface area contributed by atoms with E-state index in [4.69, 9.17) is 11.6 Å². The number of hydrogen-bond acceptors (Lipinski definition) is 1. The minimum Gasteiger partial charge on any atom is -0.317 e. The Labute approximate surface area is 118 Å². The summed E-state index contributed by atoms with van der Waals surface area (Å²) in [6, 6.07) is 13.1. The van der Waals surface area contributed by atoms with Crippen LogP contribution in [-0.2, 0) is 6.42 Å². The third kappa shape index (κ3) is 3.55. The predicted molar refractivity (Wildman–Crippen MR) is 79.1 cm³/mol. The molecule has 19 heavy (non-hydrogen) atoms. The van der Waals surface area contributed by atoms with Crippen LogP contribution in [-0.4, -0.2) is 13.1 Å². The second-order valence-electron chi connectivity index (χ2n) is 4.71. The van der Waals surface area contributed by atoms with E-state index in [1.807, 2.05) is 19.2 Å². The zero-order chi connectivity index (χ0) is 13.8. The van der Waals surface area contributed by atoms with E-state index in [9.17, 15) is 4.39 Å². The van der Waals surface area contributed by atoms with Crippen molar-refractivity contribution < 1.29 is 4.39 Å². The molecule has 0 aromatic heterocycles. The maximum atomic E-state index is 13.0. The molecule has 2 aromatic rings. The molecule has 1 nitrogen and oxygen atoms in total. The van der Waals surface area contributed by atoms with Crippen LogP contribution in [0.25, 0.3) is 11.1 Å². The Kier molecular flexibility index (Phi) is 4.56. The number of rotatable bonds is 4. The lowest BCUT2D eigenvalue weighted by molar-refractivity contribution is 0.608. The first-order valence-corrected chi connectivity index (χ1v) is 6.69. The Morgan fingerprint density at radius 1 is 1.16 bits per heavy atom. The first kappa shape index (κ1) is 14.0. The van der Waals surface area contributed by atoms with Crippen LogP contribution in [0.3, 0.4) is 0 Å². The van der Waals surface area contributed by atoms with E-state index in [-0.39, 0.29) is 5.82 Å². The molecule has 1 atom stereocenters. The van der Waals surface area contributed by atoms with E-state index in [2.05, 4.69) is 24.4 Å². The normalized spacial score (nSPS) is 12.4. The van der Waals surface area contributed by atoms with Gasteiger partial charge < -0.3 is 5.32 Å². The molecule has 0 heterocycles. The Morgan fingerprint density at radius 3 is 2.42 bits per heavy atom. The van der Waals surface area contributed by atoms with Crippen LogP contribution < -0.4 is 5.32 Å². The van der Waals surface area contributed by atoms with Crippen LogP contribution in [0.15, 0.2) is 42.5 Å². The lowest BCUT2D eigenvalue weighted by Gasteiger charge is -2.11. The average molecular weight is 278 g/mol. The number of nitrogens with one attached hydrogen (secondary N) is 1. The van der Waals surface area contributed by atoms with E-state index in [1.165, 1.54) is 17.7 Å². The lowest BCUT2D eigenvalue weighted by Crippen LogP contribution is -2.23. The van der Waals surface area contributed by atoms with Gasteiger partial charge in [-0.1, -0.05) is 35.9 Å². The largest absolute Gasteiger partial charge is 0.317 e. The molecule has 0 fully saturated rings. The maximum Gasteiger partial charge on any atom is 0.124 e. The molecule has 3 heteroatoms. The Balaban J connectivity index is 2.22. The van der Waals surface area contributed by atoms with Crippen LogP contribution in [0.4, 0.5) is 4.39 Å². The van der Waals surface area contributed by atoms with Crippen LogP contribution >= 0.6 is 11.6 Å². The Bertz CT molecular complexity index is 551. The third-order valence-corrected chi connectivity index (χ3v) is 3.54. The summed E-state index contributed by atoms with van der Waals surface area (Å²) >= 11 is 6.06. The fourth-order valence-electron chi connectivity index (χ4n) is 2.00. The summed E-state index contributed by atoms with van der Waals surface area (Å²) in [5.74, 6) is -0.312. The summed E-state index contributed by atoms with van der Waals surface area (Å²) < 4.78 is 13.0. The van der Waals surface area contributed by atoms with E-state index in [0.717, 1.165) is 17.5 Å². The molecule has 0 spiro atoms. The molecule has 0 aliphatic carbocycles. The van der Waals surface area contributed by atoms with Crippen molar-refractivity contribution in [3.05, 3.63) is 58.9 Å². The zero-order valence-corrected chi connectivity index (χ0v) is 11.8. The highest BCUT2D eigenvalue weighted by atomic mass is 35.5. The van der Waals surface area contributed by atoms with Gasteiger partial charge in [0.15, 0.2) is 0 Å². The van der Waals surface area contributed by atoms with Gasteiger partial charge in [-0.05, 0) is 49.7 Å². The molecule has 1 N–H and O–H groups in total. The van der Waals surface area contributed by atoms with Crippen molar-refractivity contribution in [2.45, 2.75) is 19.4 Å². The van der Waals surface area contributed by atoms with Gasteiger partial charge in [0.05, 0.1) is 5.02 Å². The number of hydrogen-bond donors (Lipinski definition) is 1. The van der Waals surface area contributed by atoms with Gasteiger partial charge in [0.25, 0.3) is 0 Å². The number of halogens is 2. The van der Waals surface area contributed by atoms with Gasteiger partial charge in [0.2, 0.25) is 0 Å². The number of likely N-dealkylation sites (N-methyl/N-ethyl adjacent to an activating group) is 1. The van der Waals surface area contributed by atoms with Crippen LogP contribution in [0.2, 0.25) is 5.02 Å². The van der Waals surface area contributed by atoms with Crippen molar-refractivity contribution in [3.63, 3.8) is 0 Å². The van der Waals surface area contributed by atoms with Crippen LogP contribution in [0.1, 0.15) is 12.5 Å². The standard InChI is InChI=1S/C16H17ClFN/c1-11(19-2)9-12-3-5-13(6-4-12)15-8-7-14(18)10-16(15)17/h3-8,10-11,19H,9H2,1-2H3. The summed E-state index contributed by atoms with van der Waals surface area (Å²) in [6.45, 7) is 2.14. The molecule has 100 valence electrons. The number of benzene rings is 2. The van der Waals surface area contributed by atoms with Crippen LogP contribution in [0.5, 0.6) is 0 Å².